The van der Waals surface area contributed by atoms with Crippen molar-refractivity contribution in [2.75, 3.05) is 0 Å². The lowest BCUT2D eigenvalue weighted by molar-refractivity contribution is -0.384. The summed E-state index contributed by atoms with van der Waals surface area (Å²) < 4.78 is 36.2. The molecule has 14 heavy (non-hydrogen) atoms. The van der Waals surface area contributed by atoms with Gasteiger partial charge in [0, 0.05) is 17.7 Å². The largest absolute Gasteiger partial charge is 0.306 e. The zero-order valence-corrected chi connectivity index (χ0v) is 6.71. The summed E-state index contributed by atoms with van der Waals surface area (Å²) in [4.78, 5) is 9.44. The molecule has 0 aliphatic heterocycles. The van der Waals surface area contributed by atoms with Crippen molar-refractivity contribution in [2.45, 2.75) is 0 Å². The number of benzene rings is 1. The van der Waals surface area contributed by atoms with Crippen LogP contribution in [0.15, 0.2) is 30.3 Å². The van der Waals surface area contributed by atoms with Crippen LogP contribution in [0.1, 0.15) is 5.56 Å². The van der Waals surface area contributed by atoms with E-state index in [1.807, 2.05) is 0 Å². The molecule has 0 aromatic heterocycles. The Balaban J connectivity index is 3.19. The van der Waals surface area contributed by atoms with Crippen molar-refractivity contribution < 1.29 is 18.1 Å². The highest BCUT2D eigenvalue weighted by Gasteiger charge is 2.12. The molecule has 0 radical (unpaired) electrons. The maximum absolute atomic E-state index is 12.6. The Bertz CT molecular complexity index is 399. The van der Waals surface area contributed by atoms with Gasteiger partial charge in [0.1, 0.15) is 0 Å². The third-order valence-electron chi connectivity index (χ3n) is 1.48. The molecule has 1 aromatic rings. The summed E-state index contributed by atoms with van der Waals surface area (Å²) in [6.07, 6.45) is -2.49. The van der Waals surface area contributed by atoms with Crippen LogP contribution in [-0.4, -0.2) is 4.92 Å². The van der Waals surface area contributed by atoms with Crippen LogP contribution < -0.4 is 0 Å². The molecule has 0 aliphatic rings. The number of nitro groups is 1. The summed E-state index contributed by atoms with van der Waals surface area (Å²) in [6.45, 7) is 0. The average Bonchev–Trinajstić information content (AvgIpc) is 2.16. The highest BCUT2D eigenvalue weighted by molar-refractivity contribution is 5.61. The predicted molar refractivity (Wildman–Crippen MR) is 43.3 cm³/mol. The van der Waals surface area contributed by atoms with Gasteiger partial charge in [-0.2, -0.15) is 8.78 Å². The second kappa shape index (κ2) is 3.91. The molecule has 0 saturated heterocycles. The summed E-state index contributed by atoms with van der Waals surface area (Å²) in [6, 6.07) is 4.00. The van der Waals surface area contributed by atoms with E-state index < -0.39 is 28.1 Å². The zero-order valence-electron chi connectivity index (χ0n) is 6.71. The van der Waals surface area contributed by atoms with Gasteiger partial charge in [0.25, 0.3) is 5.69 Å². The van der Waals surface area contributed by atoms with Crippen molar-refractivity contribution >= 4 is 11.5 Å². The van der Waals surface area contributed by atoms with Crippen LogP contribution in [0.2, 0.25) is 0 Å². The number of hydrogen-bond donors (Lipinski definition) is 0. The van der Waals surface area contributed by atoms with Crippen molar-refractivity contribution in [3.63, 3.8) is 0 Å². The molecule has 1 aromatic carbocycles. The highest BCUT2D eigenvalue weighted by Crippen LogP contribution is 2.24. The van der Waals surface area contributed by atoms with Gasteiger partial charge in [0.2, 0.25) is 0 Å². The Morgan fingerprint density at radius 1 is 1.29 bits per heavy atom. The molecule has 3 nitrogen and oxygen atoms in total. The Morgan fingerprint density at radius 2 is 1.93 bits per heavy atom. The van der Waals surface area contributed by atoms with Crippen molar-refractivity contribution in [1.82, 2.24) is 0 Å². The van der Waals surface area contributed by atoms with E-state index in [0.29, 0.717) is 0 Å². The van der Waals surface area contributed by atoms with E-state index >= 15 is 0 Å². The molecular formula is C8H4F3NO2. The Labute approximate surface area is 76.6 Å². The maximum Gasteiger partial charge on any atom is 0.306 e. The highest BCUT2D eigenvalue weighted by atomic mass is 19.3. The predicted octanol–water partition coefficient (Wildman–Crippen LogP) is 3.13. The van der Waals surface area contributed by atoms with E-state index in [1.54, 1.807) is 0 Å². The van der Waals surface area contributed by atoms with E-state index in [1.165, 1.54) is 0 Å². The molecule has 0 heterocycles. The zero-order chi connectivity index (χ0) is 10.7. The van der Waals surface area contributed by atoms with Crippen molar-refractivity contribution in [3.8, 4) is 0 Å². The number of hydrogen-bond acceptors (Lipinski definition) is 2. The maximum atomic E-state index is 12.6. The normalized spacial score (nSPS) is 9.64. The molecule has 0 amide bonds. The molecular weight excluding hydrogens is 199 g/mol. The molecule has 0 fully saturated rings. The van der Waals surface area contributed by atoms with Crippen LogP contribution >= 0.6 is 0 Å². The summed E-state index contributed by atoms with van der Waals surface area (Å²) in [5.41, 5.74) is -0.932. The van der Waals surface area contributed by atoms with Gasteiger partial charge in [-0.05, 0) is 0 Å². The van der Waals surface area contributed by atoms with Gasteiger partial charge < -0.3 is 0 Å². The topological polar surface area (TPSA) is 43.1 Å². The van der Waals surface area contributed by atoms with Gasteiger partial charge in [-0.1, -0.05) is 12.1 Å². The fraction of sp³-hybridized carbons (Fsp3) is 0. The lowest BCUT2D eigenvalue weighted by atomic mass is 10.2. The van der Waals surface area contributed by atoms with E-state index in [-0.39, 0.29) is 0 Å². The second-order valence-electron chi connectivity index (χ2n) is 2.38. The van der Waals surface area contributed by atoms with Gasteiger partial charge in [-0.3, -0.25) is 10.1 Å². The molecule has 0 aliphatic carbocycles. The Kier molecular flexibility index (Phi) is 2.85. The monoisotopic (exact) mass is 203 g/mol. The van der Waals surface area contributed by atoms with Crippen LogP contribution in [0.5, 0.6) is 0 Å². The lowest BCUT2D eigenvalue weighted by Crippen LogP contribution is -1.88. The van der Waals surface area contributed by atoms with E-state index in [2.05, 4.69) is 0 Å². The first-order valence-corrected chi connectivity index (χ1v) is 3.48. The van der Waals surface area contributed by atoms with Crippen LogP contribution in [0.4, 0.5) is 18.9 Å². The smallest absolute Gasteiger partial charge is 0.258 e. The van der Waals surface area contributed by atoms with Gasteiger partial charge in [0.15, 0.2) is 5.83 Å². The van der Waals surface area contributed by atoms with Crippen molar-refractivity contribution in [1.29, 1.82) is 0 Å². The SMILES string of the molecule is O=[N+]([O-])c1cccc(C(F)=C(F)F)c1. The van der Waals surface area contributed by atoms with E-state index in [4.69, 9.17) is 0 Å². The molecule has 6 heteroatoms. The van der Waals surface area contributed by atoms with E-state index in [9.17, 15) is 23.3 Å². The van der Waals surface area contributed by atoms with Gasteiger partial charge in [-0.15, -0.1) is 0 Å². The summed E-state index contributed by atoms with van der Waals surface area (Å²) in [5.74, 6) is -1.74. The van der Waals surface area contributed by atoms with Crippen molar-refractivity contribution in [3.05, 3.63) is 46.0 Å². The molecule has 0 saturated carbocycles. The standard InChI is InChI=1S/C8H4F3NO2/c9-7(8(10)11)5-2-1-3-6(4-5)12(13)14/h1-4H. The minimum Gasteiger partial charge on any atom is -0.258 e. The van der Waals surface area contributed by atoms with Crippen LogP contribution in [0.25, 0.3) is 5.83 Å². The number of nitro benzene ring substituents is 1. The molecule has 0 unspecified atom stereocenters. The van der Waals surface area contributed by atoms with E-state index in [0.717, 1.165) is 24.3 Å². The van der Waals surface area contributed by atoms with Crippen LogP contribution in [0, 0.1) is 10.1 Å². The fourth-order valence-electron chi connectivity index (χ4n) is 0.865. The van der Waals surface area contributed by atoms with Crippen LogP contribution in [-0.2, 0) is 0 Å². The van der Waals surface area contributed by atoms with Gasteiger partial charge in [0.05, 0.1) is 4.92 Å². The summed E-state index contributed by atoms with van der Waals surface area (Å²) in [7, 11) is 0. The van der Waals surface area contributed by atoms with Gasteiger partial charge in [-0.25, -0.2) is 4.39 Å². The fourth-order valence-corrected chi connectivity index (χ4v) is 0.865. The number of halogens is 3. The van der Waals surface area contributed by atoms with Crippen LogP contribution in [0.3, 0.4) is 0 Å². The number of nitrogens with zero attached hydrogens (tertiary/aromatic N) is 1. The third-order valence-corrected chi connectivity index (χ3v) is 1.48. The Morgan fingerprint density at radius 3 is 2.43 bits per heavy atom. The first-order chi connectivity index (χ1) is 6.52. The lowest BCUT2D eigenvalue weighted by Gasteiger charge is -1.96. The average molecular weight is 203 g/mol. The number of non-ortho nitro benzene ring substituents is 1. The third kappa shape index (κ3) is 2.09. The first kappa shape index (κ1) is 10.2. The first-order valence-electron chi connectivity index (χ1n) is 3.48. The van der Waals surface area contributed by atoms with Gasteiger partial charge >= 0.3 is 6.08 Å². The molecule has 0 bridgehead atoms. The second-order valence-corrected chi connectivity index (χ2v) is 2.38. The van der Waals surface area contributed by atoms with Crippen molar-refractivity contribution in [2.24, 2.45) is 0 Å². The minimum absolute atomic E-state index is 0.432. The summed E-state index contributed by atoms with van der Waals surface area (Å²) >= 11 is 0. The molecule has 0 N–H and O–H groups in total. The minimum atomic E-state index is -2.49. The number of rotatable bonds is 2. The molecule has 74 valence electrons. The Hall–Kier alpha value is -1.85. The molecule has 1 rings (SSSR count). The molecule has 0 atom stereocenters. The molecule has 0 spiro atoms. The quantitative estimate of drug-likeness (QED) is 0.547. The summed E-state index contributed by atoms with van der Waals surface area (Å²) in [5, 5.41) is 10.2.